The molecule has 3 heteroatoms. The summed E-state index contributed by atoms with van der Waals surface area (Å²) in [5.74, 6) is 0.555. The summed E-state index contributed by atoms with van der Waals surface area (Å²) in [5.41, 5.74) is 4.76. The lowest BCUT2D eigenvalue weighted by Crippen LogP contribution is -2.38. The van der Waals surface area contributed by atoms with Crippen LogP contribution in [-0.2, 0) is 22.6 Å². The van der Waals surface area contributed by atoms with Crippen LogP contribution in [0.25, 0.3) is 0 Å². The fourth-order valence-corrected chi connectivity index (χ4v) is 3.14. The van der Waals surface area contributed by atoms with Crippen molar-refractivity contribution in [1.82, 2.24) is 0 Å². The van der Waals surface area contributed by atoms with Gasteiger partial charge in [-0.1, -0.05) is 56.3 Å². The Labute approximate surface area is 144 Å². The van der Waals surface area contributed by atoms with Gasteiger partial charge in [0.25, 0.3) is 5.91 Å². The topological polar surface area (TPSA) is 29.5 Å². The van der Waals surface area contributed by atoms with Gasteiger partial charge in [0, 0.05) is 12.2 Å². The molecule has 0 spiro atoms. The first-order valence-corrected chi connectivity index (χ1v) is 8.70. The highest BCUT2D eigenvalue weighted by molar-refractivity contribution is 5.95. The van der Waals surface area contributed by atoms with Crippen LogP contribution in [0.15, 0.2) is 48.5 Å². The molecule has 0 bridgehead atoms. The summed E-state index contributed by atoms with van der Waals surface area (Å²) in [6.07, 6.45) is 2.06. The average molecular weight is 323 g/mol. The third-order valence-corrected chi connectivity index (χ3v) is 4.53. The smallest absolute Gasteiger partial charge is 0.252 e. The highest BCUT2D eigenvalue weighted by atomic mass is 16.5. The number of ether oxygens (including phenoxy) is 1. The van der Waals surface area contributed by atoms with Gasteiger partial charge in [0.2, 0.25) is 0 Å². The standard InChI is InChI=1S/C21H25NO2/c1-16(2)18-10-11-20-19(13-18)9-6-12-22(20)21(23)15-24-14-17-7-4-3-5-8-17/h3-5,7-8,10-11,13,16H,6,9,12,14-15H2,1-2H3. The molecule has 1 heterocycles. The second-order valence-electron chi connectivity index (χ2n) is 6.67. The van der Waals surface area contributed by atoms with Crippen molar-refractivity contribution in [2.45, 2.75) is 39.2 Å². The molecule has 0 unspecified atom stereocenters. The van der Waals surface area contributed by atoms with Crippen molar-refractivity contribution >= 4 is 11.6 Å². The van der Waals surface area contributed by atoms with Crippen molar-refractivity contribution in [3.05, 3.63) is 65.2 Å². The van der Waals surface area contributed by atoms with E-state index in [0.717, 1.165) is 30.6 Å². The van der Waals surface area contributed by atoms with Crippen LogP contribution in [0.1, 0.15) is 42.9 Å². The number of fused-ring (bicyclic) bond motifs is 1. The van der Waals surface area contributed by atoms with Crippen molar-refractivity contribution in [3.8, 4) is 0 Å². The highest BCUT2D eigenvalue weighted by Crippen LogP contribution is 2.30. The number of hydrogen-bond donors (Lipinski definition) is 0. The largest absolute Gasteiger partial charge is 0.367 e. The minimum atomic E-state index is 0.0455. The molecule has 1 aliphatic heterocycles. The number of carbonyl (C=O) groups is 1. The predicted octanol–water partition coefficient (Wildman–Crippen LogP) is 4.31. The van der Waals surface area contributed by atoms with Crippen molar-refractivity contribution in [2.24, 2.45) is 0 Å². The van der Waals surface area contributed by atoms with Gasteiger partial charge >= 0.3 is 0 Å². The molecule has 0 fully saturated rings. The van der Waals surface area contributed by atoms with E-state index in [0.29, 0.717) is 12.5 Å². The maximum atomic E-state index is 12.6. The quantitative estimate of drug-likeness (QED) is 0.821. The molecule has 1 aliphatic rings. The molecule has 126 valence electrons. The van der Waals surface area contributed by atoms with E-state index in [1.54, 1.807) is 0 Å². The Balaban J connectivity index is 1.64. The van der Waals surface area contributed by atoms with Crippen LogP contribution in [0.3, 0.4) is 0 Å². The summed E-state index contributed by atoms with van der Waals surface area (Å²) >= 11 is 0. The number of rotatable bonds is 5. The molecule has 3 rings (SSSR count). The molecule has 0 aliphatic carbocycles. The van der Waals surface area contributed by atoms with E-state index in [-0.39, 0.29) is 12.5 Å². The Bertz CT molecular complexity index is 694. The predicted molar refractivity (Wildman–Crippen MR) is 97.3 cm³/mol. The van der Waals surface area contributed by atoms with Gasteiger partial charge in [-0.2, -0.15) is 0 Å². The van der Waals surface area contributed by atoms with Crippen molar-refractivity contribution in [2.75, 3.05) is 18.1 Å². The summed E-state index contributed by atoms with van der Waals surface area (Å²) in [4.78, 5) is 14.5. The van der Waals surface area contributed by atoms with E-state index < -0.39 is 0 Å². The first-order chi connectivity index (χ1) is 11.6. The van der Waals surface area contributed by atoms with Crippen molar-refractivity contribution < 1.29 is 9.53 Å². The van der Waals surface area contributed by atoms with Crippen LogP contribution in [0, 0.1) is 0 Å². The van der Waals surface area contributed by atoms with Crippen LogP contribution >= 0.6 is 0 Å². The van der Waals surface area contributed by atoms with Gasteiger partial charge in [-0.15, -0.1) is 0 Å². The van der Waals surface area contributed by atoms with E-state index >= 15 is 0 Å². The summed E-state index contributed by atoms with van der Waals surface area (Å²) in [7, 11) is 0. The van der Waals surface area contributed by atoms with Crippen molar-refractivity contribution in [1.29, 1.82) is 0 Å². The summed E-state index contributed by atoms with van der Waals surface area (Å²) < 4.78 is 5.62. The Hall–Kier alpha value is -2.13. The zero-order valence-electron chi connectivity index (χ0n) is 14.5. The average Bonchev–Trinajstić information content (AvgIpc) is 2.61. The van der Waals surface area contributed by atoms with Gasteiger partial charge in [-0.3, -0.25) is 4.79 Å². The molecule has 0 saturated carbocycles. The first kappa shape index (κ1) is 16.7. The zero-order valence-corrected chi connectivity index (χ0v) is 14.5. The maximum absolute atomic E-state index is 12.6. The van der Waals surface area contributed by atoms with E-state index in [9.17, 15) is 4.79 Å². The highest BCUT2D eigenvalue weighted by Gasteiger charge is 2.23. The Kier molecular flexibility index (Phi) is 5.31. The number of carbonyl (C=O) groups excluding carboxylic acids is 1. The molecule has 2 aromatic rings. The lowest BCUT2D eigenvalue weighted by atomic mass is 9.95. The second-order valence-corrected chi connectivity index (χ2v) is 6.67. The van der Waals surface area contributed by atoms with Crippen LogP contribution in [0.5, 0.6) is 0 Å². The molecule has 0 aromatic heterocycles. The number of aryl methyl sites for hydroxylation is 1. The molecule has 0 saturated heterocycles. The number of anilines is 1. The van der Waals surface area contributed by atoms with Gasteiger partial charge in [0.05, 0.1) is 6.61 Å². The van der Waals surface area contributed by atoms with E-state index in [1.807, 2.05) is 35.2 Å². The third kappa shape index (κ3) is 3.85. The van der Waals surface area contributed by atoms with Gasteiger partial charge < -0.3 is 9.64 Å². The molecule has 0 radical (unpaired) electrons. The fraction of sp³-hybridized carbons (Fsp3) is 0.381. The first-order valence-electron chi connectivity index (χ1n) is 8.70. The molecule has 0 atom stereocenters. The Morgan fingerprint density at radius 2 is 1.96 bits per heavy atom. The van der Waals surface area contributed by atoms with Gasteiger partial charge in [-0.25, -0.2) is 0 Å². The van der Waals surface area contributed by atoms with E-state index in [2.05, 4.69) is 32.0 Å². The second kappa shape index (κ2) is 7.63. The number of benzene rings is 2. The molecule has 0 N–H and O–H groups in total. The molecule has 3 nitrogen and oxygen atoms in total. The Morgan fingerprint density at radius 1 is 1.17 bits per heavy atom. The molecule has 2 aromatic carbocycles. The molecular formula is C21H25NO2. The van der Waals surface area contributed by atoms with Gasteiger partial charge in [0.1, 0.15) is 6.61 Å². The SMILES string of the molecule is CC(C)c1ccc2c(c1)CCCN2C(=O)COCc1ccccc1. The minimum Gasteiger partial charge on any atom is -0.367 e. The van der Waals surface area contributed by atoms with Gasteiger partial charge in [-0.05, 0) is 41.5 Å². The van der Waals surface area contributed by atoms with Crippen LogP contribution in [0.2, 0.25) is 0 Å². The summed E-state index contributed by atoms with van der Waals surface area (Å²) in [5, 5.41) is 0. The van der Waals surface area contributed by atoms with Crippen LogP contribution < -0.4 is 4.90 Å². The molecule has 1 amide bonds. The van der Waals surface area contributed by atoms with E-state index in [1.165, 1.54) is 11.1 Å². The van der Waals surface area contributed by atoms with Crippen LogP contribution in [-0.4, -0.2) is 19.1 Å². The van der Waals surface area contributed by atoms with E-state index in [4.69, 9.17) is 4.74 Å². The number of hydrogen-bond acceptors (Lipinski definition) is 2. The zero-order chi connectivity index (χ0) is 16.9. The number of nitrogens with zero attached hydrogens (tertiary/aromatic N) is 1. The monoisotopic (exact) mass is 323 g/mol. The fourth-order valence-electron chi connectivity index (χ4n) is 3.14. The Morgan fingerprint density at radius 3 is 2.71 bits per heavy atom. The third-order valence-electron chi connectivity index (χ3n) is 4.53. The lowest BCUT2D eigenvalue weighted by molar-refractivity contribution is -0.123. The van der Waals surface area contributed by atoms with Crippen LogP contribution in [0.4, 0.5) is 5.69 Å². The molecular weight excluding hydrogens is 298 g/mol. The molecule has 24 heavy (non-hydrogen) atoms. The number of amides is 1. The minimum absolute atomic E-state index is 0.0455. The summed E-state index contributed by atoms with van der Waals surface area (Å²) in [6.45, 7) is 5.77. The summed E-state index contributed by atoms with van der Waals surface area (Å²) in [6, 6.07) is 16.4. The normalized spacial score (nSPS) is 13.9. The maximum Gasteiger partial charge on any atom is 0.252 e. The lowest BCUT2D eigenvalue weighted by Gasteiger charge is -2.30. The van der Waals surface area contributed by atoms with Crippen molar-refractivity contribution in [3.63, 3.8) is 0 Å². The van der Waals surface area contributed by atoms with Gasteiger partial charge in [0.15, 0.2) is 0 Å².